The van der Waals surface area contributed by atoms with E-state index in [9.17, 15) is 4.79 Å². The van der Waals surface area contributed by atoms with Crippen LogP contribution < -0.4 is 4.74 Å². The van der Waals surface area contributed by atoms with Crippen LogP contribution in [0.25, 0.3) is 0 Å². The summed E-state index contributed by atoms with van der Waals surface area (Å²) in [4.78, 5) is 11.1. The molecule has 1 aromatic heterocycles. The van der Waals surface area contributed by atoms with Crippen molar-refractivity contribution in [2.24, 2.45) is 0 Å². The molecule has 0 bridgehead atoms. The third-order valence-corrected chi connectivity index (χ3v) is 1.37. The number of carbonyl (C=O) groups is 1. The maximum atomic E-state index is 11.1. The molecule has 0 saturated heterocycles. The van der Waals surface area contributed by atoms with Crippen molar-refractivity contribution in [2.45, 2.75) is 6.42 Å². The zero-order valence-electron chi connectivity index (χ0n) is 7.02. The second-order valence-electron chi connectivity index (χ2n) is 2.22. The predicted octanol–water partition coefficient (Wildman–Crippen LogP) is 0.582. The van der Waals surface area contributed by atoms with Gasteiger partial charge in [-0.2, -0.15) is 5.26 Å². The van der Waals surface area contributed by atoms with Crippen molar-refractivity contribution in [2.75, 3.05) is 7.11 Å². The Balaban J connectivity index is 2.81. The highest BCUT2D eigenvalue weighted by atomic mass is 16.5. The van der Waals surface area contributed by atoms with E-state index in [1.165, 1.54) is 19.2 Å². The van der Waals surface area contributed by atoms with Crippen molar-refractivity contribution in [3.05, 3.63) is 17.8 Å². The minimum absolute atomic E-state index is 0.180. The summed E-state index contributed by atoms with van der Waals surface area (Å²) >= 11 is 0. The van der Waals surface area contributed by atoms with Crippen molar-refractivity contribution in [1.29, 1.82) is 5.26 Å². The molecule has 0 amide bonds. The summed E-state index contributed by atoms with van der Waals surface area (Å²) in [5, 5.41) is 15.4. The van der Waals surface area contributed by atoms with Gasteiger partial charge in [0.1, 0.15) is 12.1 Å². The summed E-state index contributed by atoms with van der Waals surface area (Å²) in [5.74, 6) is 0.00570. The van der Waals surface area contributed by atoms with E-state index in [1.807, 2.05) is 0 Å². The molecule has 0 aliphatic heterocycles. The fraction of sp³-hybridized carbons (Fsp3) is 0.250. The van der Waals surface area contributed by atoms with Crippen LogP contribution in [0.15, 0.2) is 12.1 Å². The molecular formula is C8H7N3O2. The average molecular weight is 177 g/mol. The number of ketones is 1. The molecule has 66 valence electrons. The summed E-state index contributed by atoms with van der Waals surface area (Å²) in [6.45, 7) is 0. The van der Waals surface area contributed by atoms with Crippen molar-refractivity contribution >= 4 is 5.78 Å². The van der Waals surface area contributed by atoms with Crippen molar-refractivity contribution in [1.82, 2.24) is 10.2 Å². The quantitative estimate of drug-likeness (QED) is 0.631. The van der Waals surface area contributed by atoms with Crippen LogP contribution in [0, 0.1) is 11.3 Å². The number of hydrogen-bond acceptors (Lipinski definition) is 5. The van der Waals surface area contributed by atoms with E-state index in [2.05, 4.69) is 10.2 Å². The zero-order valence-corrected chi connectivity index (χ0v) is 7.02. The van der Waals surface area contributed by atoms with E-state index in [4.69, 9.17) is 10.00 Å². The van der Waals surface area contributed by atoms with E-state index >= 15 is 0 Å². The van der Waals surface area contributed by atoms with Gasteiger partial charge < -0.3 is 4.74 Å². The van der Waals surface area contributed by atoms with Crippen LogP contribution in [0.3, 0.4) is 0 Å². The van der Waals surface area contributed by atoms with E-state index < -0.39 is 0 Å². The topological polar surface area (TPSA) is 75.9 Å². The Morgan fingerprint density at radius 1 is 1.62 bits per heavy atom. The molecular weight excluding hydrogens is 170 g/mol. The number of hydrogen-bond donors (Lipinski definition) is 0. The van der Waals surface area contributed by atoms with Gasteiger partial charge in [-0.05, 0) is 6.07 Å². The minimum Gasteiger partial charge on any atom is -0.480 e. The molecule has 0 spiro atoms. The zero-order chi connectivity index (χ0) is 9.68. The highest BCUT2D eigenvalue weighted by Gasteiger charge is 2.06. The smallest absolute Gasteiger partial charge is 0.233 e. The van der Waals surface area contributed by atoms with E-state index in [-0.39, 0.29) is 17.9 Å². The lowest BCUT2D eigenvalue weighted by molar-refractivity contribution is 0.0992. The molecule has 0 N–H and O–H groups in total. The lowest BCUT2D eigenvalue weighted by atomic mass is 10.2. The van der Waals surface area contributed by atoms with Gasteiger partial charge >= 0.3 is 0 Å². The van der Waals surface area contributed by atoms with Gasteiger partial charge in [0.15, 0.2) is 5.78 Å². The number of Topliss-reactive ketones (excluding diaryl/α,β-unsaturated/α-hetero) is 1. The first-order chi connectivity index (χ1) is 6.27. The fourth-order valence-electron chi connectivity index (χ4n) is 0.740. The molecule has 0 radical (unpaired) electrons. The molecule has 1 heterocycles. The summed E-state index contributed by atoms with van der Waals surface area (Å²) in [5.41, 5.74) is 0.183. The maximum absolute atomic E-state index is 11.1. The van der Waals surface area contributed by atoms with E-state index in [0.29, 0.717) is 5.88 Å². The lowest BCUT2D eigenvalue weighted by Gasteiger charge is -1.97. The summed E-state index contributed by atoms with van der Waals surface area (Å²) in [6, 6.07) is 4.75. The monoisotopic (exact) mass is 177 g/mol. The van der Waals surface area contributed by atoms with Crippen LogP contribution in [0.4, 0.5) is 0 Å². The molecule has 13 heavy (non-hydrogen) atoms. The van der Waals surface area contributed by atoms with Crippen LogP contribution in [0.1, 0.15) is 16.9 Å². The lowest BCUT2D eigenvalue weighted by Crippen LogP contribution is -2.02. The third kappa shape index (κ3) is 2.24. The third-order valence-electron chi connectivity index (χ3n) is 1.37. The Bertz CT molecular complexity index is 339. The number of nitriles is 1. The van der Waals surface area contributed by atoms with Gasteiger partial charge in [0, 0.05) is 6.07 Å². The molecule has 0 aliphatic rings. The van der Waals surface area contributed by atoms with Crippen molar-refractivity contribution < 1.29 is 9.53 Å². The van der Waals surface area contributed by atoms with Gasteiger partial charge in [-0.1, -0.05) is 0 Å². The number of ether oxygens (including phenoxy) is 1. The second-order valence-corrected chi connectivity index (χ2v) is 2.22. The summed E-state index contributed by atoms with van der Waals surface area (Å²) in [6.07, 6.45) is -0.180. The first-order valence-corrected chi connectivity index (χ1v) is 3.56. The molecule has 1 rings (SSSR count). The highest BCUT2D eigenvalue weighted by molar-refractivity contribution is 5.95. The standard InChI is InChI=1S/C8H7N3O2/c1-13-8-3-2-6(10-11-8)7(12)4-5-9/h2-3H,4H2,1H3. The largest absolute Gasteiger partial charge is 0.480 e. The SMILES string of the molecule is COc1ccc(C(=O)CC#N)nn1. The van der Waals surface area contributed by atoms with Crippen molar-refractivity contribution in [3.63, 3.8) is 0 Å². The van der Waals surface area contributed by atoms with Crippen LogP contribution >= 0.6 is 0 Å². The first-order valence-electron chi connectivity index (χ1n) is 3.56. The van der Waals surface area contributed by atoms with Gasteiger partial charge in [0.25, 0.3) is 0 Å². The van der Waals surface area contributed by atoms with Crippen LogP contribution in [0.5, 0.6) is 5.88 Å². The van der Waals surface area contributed by atoms with Gasteiger partial charge in [-0.3, -0.25) is 4.79 Å². The Morgan fingerprint density at radius 2 is 2.38 bits per heavy atom. The number of rotatable bonds is 3. The fourth-order valence-corrected chi connectivity index (χ4v) is 0.740. The number of methoxy groups -OCH3 is 1. The van der Waals surface area contributed by atoms with Gasteiger partial charge in [-0.25, -0.2) is 0 Å². The van der Waals surface area contributed by atoms with Crippen LogP contribution in [0.2, 0.25) is 0 Å². The van der Waals surface area contributed by atoms with Gasteiger partial charge in [0.2, 0.25) is 5.88 Å². The molecule has 5 nitrogen and oxygen atoms in total. The highest BCUT2D eigenvalue weighted by Crippen LogP contribution is 2.04. The van der Waals surface area contributed by atoms with E-state index in [1.54, 1.807) is 6.07 Å². The Kier molecular flexibility index (Phi) is 2.92. The Morgan fingerprint density at radius 3 is 2.85 bits per heavy atom. The molecule has 5 heteroatoms. The van der Waals surface area contributed by atoms with Crippen molar-refractivity contribution in [3.8, 4) is 11.9 Å². The summed E-state index contributed by atoms with van der Waals surface area (Å²) < 4.78 is 4.76. The van der Waals surface area contributed by atoms with Gasteiger partial charge in [-0.15, -0.1) is 10.2 Å². The Labute approximate surface area is 75.0 Å². The van der Waals surface area contributed by atoms with Crippen LogP contribution in [-0.4, -0.2) is 23.1 Å². The minimum atomic E-state index is -0.336. The number of aromatic nitrogens is 2. The normalized spacial score (nSPS) is 8.92. The van der Waals surface area contributed by atoms with Gasteiger partial charge in [0.05, 0.1) is 13.2 Å². The molecule has 0 unspecified atom stereocenters. The maximum Gasteiger partial charge on any atom is 0.233 e. The molecule has 0 atom stereocenters. The molecule has 0 saturated carbocycles. The van der Waals surface area contributed by atoms with E-state index in [0.717, 1.165) is 0 Å². The average Bonchev–Trinajstić information content (AvgIpc) is 2.18. The number of carbonyl (C=O) groups excluding carboxylic acids is 1. The first kappa shape index (κ1) is 9.13. The van der Waals surface area contributed by atoms with Crippen LogP contribution in [-0.2, 0) is 0 Å². The molecule has 1 aromatic rings. The molecule has 0 aliphatic carbocycles. The predicted molar refractivity (Wildman–Crippen MR) is 43.1 cm³/mol. The summed E-state index contributed by atoms with van der Waals surface area (Å²) in [7, 11) is 1.46. The molecule has 0 aromatic carbocycles. The molecule has 0 fully saturated rings. The Hall–Kier alpha value is -1.96. The second kappa shape index (κ2) is 4.16. The number of nitrogens with zero attached hydrogens (tertiary/aromatic N) is 3.